The maximum Gasteiger partial charge on any atom is 0.270 e. The van der Waals surface area contributed by atoms with Gasteiger partial charge in [0.2, 0.25) is 0 Å². The first-order chi connectivity index (χ1) is 8.61. The minimum Gasteiger partial charge on any atom is -0.398 e. The van der Waals surface area contributed by atoms with Gasteiger partial charge in [0.1, 0.15) is 5.69 Å². The Morgan fingerprint density at radius 1 is 1.50 bits per heavy atom. The van der Waals surface area contributed by atoms with Gasteiger partial charge in [0.15, 0.2) is 0 Å². The molecule has 0 saturated heterocycles. The van der Waals surface area contributed by atoms with E-state index in [4.69, 9.17) is 10.8 Å². The number of hydrogen-bond acceptors (Lipinski definition) is 4. The van der Waals surface area contributed by atoms with Crippen LogP contribution in [0.15, 0.2) is 30.3 Å². The summed E-state index contributed by atoms with van der Waals surface area (Å²) in [5.41, 5.74) is 7.34. The first-order valence-corrected chi connectivity index (χ1v) is 5.69. The molecule has 2 rings (SSSR count). The Morgan fingerprint density at radius 3 is 2.94 bits per heavy atom. The fourth-order valence-electron chi connectivity index (χ4n) is 1.66. The van der Waals surface area contributed by atoms with Crippen LogP contribution in [-0.2, 0) is 0 Å². The second-order valence-corrected chi connectivity index (χ2v) is 4.17. The normalized spacial score (nSPS) is 12.3. The molecule has 1 atom stereocenters. The van der Waals surface area contributed by atoms with Crippen molar-refractivity contribution in [1.82, 2.24) is 10.3 Å². The SMILES string of the molecule is C[C@@H](CO)NC(=O)c1cc(N)c2ccccc2n1. The van der Waals surface area contributed by atoms with Crippen molar-refractivity contribution in [2.24, 2.45) is 0 Å². The topological polar surface area (TPSA) is 88.2 Å². The summed E-state index contributed by atoms with van der Waals surface area (Å²) in [6.07, 6.45) is 0. The van der Waals surface area contributed by atoms with Crippen molar-refractivity contribution in [3.8, 4) is 0 Å². The summed E-state index contributed by atoms with van der Waals surface area (Å²) >= 11 is 0. The lowest BCUT2D eigenvalue weighted by atomic mass is 10.1. The number of hydrogen-bond donors (Lipinski definition) is 3. The van der Waals surface area contributed by atoms with Crippen LogP contribution >= 0.6 is 0 Å². The van der Waals surface area contributed by atoms with E-state index in [-0.39, 0.29) is 24.2 Å². The number of nitrogen functional groups attached to an aromatic ring is 1. The summed E-state index contributed by atoms with van der Waals surface area (Å²) in [5.74, 6) is -0.339. The molecule has 0 aliphatic rings. The number of nitrogens with zero attached hydrogens (tertiary/aromatic N) is 1. The van der Waals surface area contributed by atoms with Gasteiger partial charge in [-0.2, -0.15) is 0 Å². The zero-order valence-electron chi connectivity index (χ0n) is 10.1. The summed E-state index contributed by atoms with van der Waals surface area (Å²) < 4.78 is 0. The zero-order chi connectivity index (χ0) is 13.1. The number of benzene rings is 1. The molecule has 1 amide bonds. The van der Waals surface area contributed by atoms with Gasteiger partial charge in [0.05, 0.1) is 12.1 Å². The fraction of sp³-hybridized carbons (Fsp3) is 0.231. The van der Waals surface area contributed by atoms with Gasteiger partial charge in [-0.05, 0) is 19.1 Å². The van der Waals surface area contributed by atoms with Crippen LogP contribution < -0.4 is 11.1 Å². The first-order valence-electron chi connectivity index (χ1n) is 5.69. The number of nitrogens with one attached hydrogen (secondary N) is 1. The van der Waals surface area contributed by atoms with E-state index in [9.17, 15) is 4.79 Å². The Bertz CT molecular complexity index is 583. The number of pyridine rings is 1. The van der Waals surface area contributed by atoms with E-state index in [1.165, 1.54) is 0 Å². The number of amides is 1. The molecule has 0 bridgehead atoms. The highest BCUT2D eigenvalue weighted by Crippen LogP contribution is 2.19. The van der Waals surface area contributed by atoms with Crippen molar-refractivity contribution >= 4 is 22.5 Å². The van der Waals surface area contributed by atoms with Gasteiger partial charge in [-0.25, -0.2) is 4.98 Å². The average Bonchev–Trinajstić information content (AvgIpc) is 2.38. The van der Waals surface area contributed by atoms with Crippen molar-refractivity contribution in [3.63, 3.8) is 0 Å². The minimum atomic E-state index is -0.339. The molecule has 4 N–H and O–H groups in total. The number of carbonyl (C=O) groups is 1. The summed E-state index contributed by atoms with van der Waals surface area (Å²) in [5, 5.41) is 12.4. The molecule has 1 heterocycles. The lowest BCUT2D eigenvalue weighted by Gasteiger charge is -2.11. The van der Waals surface area contributed by atoms with Crippen LogP contribution in [0, 0.1) is 0 Å². The molecule has 18 heavy (non-hydrogen) atoms. The number of carbonyl (C=O) groups excluding carboxylic acids is 1. The number of aromatic nitrogens is 1. The minimum absolute atomic E-state index is 0.116. The van der Waals surface area contributed by atoms with Gasteiger partial charge in [0.25, 0.3) is 5.91 Å². The Morgan fingerprint density at radius 2 is 2.22 bits per heavy atom. The van der Waals surface area contributed by atoms with Crippen molar-refractivity contribution in [3.05, 3.63) is 36.0 Å². The van der Waals surface area contributed by atoms with Gasteiger partial charge in [-0.3, -0.25) is 4.79 Å². The van der Waals surface area contributed by atoms with E-state index in [0.717, 1.165) is 5.39 Å². The highest BCUT2D eigenvalue weighted by molar-refractivity contribution is 5.99. The monoisotopic (exact) mass is 245 g/mol. The quantitative estimate of drug-likeness (QED) is 0.750. The Hall–Kier alpha value is -2.14. The molecule has 1 aromatic heterocycles. The van der Waals surface area contributed by atoms with Crippen LogP contribution in [-0.4, -0.2) is 28.6 Å². The van der Waals surface area contributed by atoms with Crippen molar-refractivity contribution < 1.29 is 9.90 Å². The summed E-state index contributed by atoms with van der Waals surface area (Å²) in [7, 11) is 0. The summed E-state index contributed by atoms with van der Waals surface area (Å²) in [6.45, 7) is 1.59. The molecule has 0 aliphatic heterocycles. The molecule has 5 nitrogen and oxygen atoms in total. The van der Waals surface area contributed by atoms with Gasteiger partial charge < -0.3 is 16.2 Å². The standard InChI is InChI=1S/C13H15N3O2/c1-8(7-17)15-13(18)12-6-10(14)9-4-2-3-5-11(9)16-12/h2-6,8,17H,7H2,1H3,(H2,14,16)(H,15,18)/t8-/m0/s1. The zero-order valence-corrected chi connectivity index (χ0v) is 10.1. The predicted molar refractivity (Wildman–Crippen MR) is 70.2 cm³/mol. The molecule has 94 valence electrons. The predicted octanol–water partition coefficient (Wildman–Crippen LogP) is 0.928. The number of fused-ring (bicyclic) bond motifs is 1. The van der Waals surface area contributed by atoms with Crippen molar-refractivity contribution in [2.75, 3.05) is 12.3 Å². The fourth-order valence-corrected chi connectivity index (χ4v) is 1.66. The first kappa shape index (κ1) is 12.3. The van der Waals surface area contributed by atoms with Crippen molar-refractivity contribution in [1.29, 1.82) is 0 Å². The number of nitrogens with two attached hydrogens (primary N) is 1. The molecule has 0 saturated carbocycles. The van der Waals surface area contributed by atoms with E-state index in [0.29, 0.717) is 11.2 Å². The molecule has 0 spiro atoms. The summed E-state index contributed by atoms with van der Waals surface area (Å²) in [6, 6.07) is 8.60. The molecule has 0 radical (unpaired) electrons. The lowest BCUT2D eigenvalue weighted by molar-refractivity contribution is 0.0917. The number of aliphatic hydroxyl groups excluding tert-OH is 1. The van der Waals surface area contributed by atoms with E-state index in [1.807, 2.05) is 18.2 Å². The number of aliphatic hydroxyl groups is 1. The molecule has 0 aliphatic carbocycles. The average molecular weight is 245 g/mol. The molecular formula is C13H15N3O2. The molecule has 1 aromatic carbocycles. The van der Waals surface area contributed by atoms with Gasteiger partial charge in [-0.1, -0.05) is 18.2 Å². The lowest BCUT2D eigenvalue weighted by Crippen LogP contribution is -2.35. The Balaban J connectivity index is 2.37. The third-order valence-electron chi connectivity index (χ3n) is 2.63. The van der Waals surface area contributed by atoms with E-state index < -0.39 is 0 Å². The Kier molecular flexibility index (Phi) is 3.43. The molecule has 5 heteroatoms. The molecule has 2 aromatic rings. The van der Waals surface area contributed by atoms with E-state index in [1.54, 1.807) is 19.1 Å². The Labute approximate surface area is 105 Å². The third kappa shape index (κ3) is 2.41. The van der Waals surface area contributed by atoms with Crippen LogP contribution in [0.2, 0.25) is 0 Å². The molecular weight excluding hydrogens is 230 g/mol. The maximum absolute atomic E-state index is 11.9. The highest BCUT2D eigenvalue weighted by atomic mass is 16.3. The van der Waals surface area contributed by atoms with Crippen LogP contribution in [0.25, 0.3) is 10.9 Å². The van der Waals surface area contributed by atoms with Gasteiger partial charge in [-0.15, -0.1) is 0 Å². The van der Waals surface area contributed by atoms with E-state index >= 15 is 0 Å². The van der Waals surface area contributed by atoms with Gasteiger partial charge in [0, 0.05) is 17.1 Å². The number of anilines is 1. The molecule has 0 unspecified atom stereocenters. The van der Waals surface area contributed by atoms with Crippen molar-refractivity contribution in [2.45, 2.75) is 13.0 Å². The van der Waals surface area contributed by atoms with Crippen LogP contribution in [0.3, 0.4) is 0 Å². The third-order valence-corrected chi connectivity index (χ3v) is 2.63. The molecule has 0 fully saturated rings. The van der Waals surface area contributed by atoms with E-state index in [2.05, 4.69) is 10.3 Å². The van der Waals surface area contributed by atoms with Crippen LogP contribution in [0.4, 0.5) is 5.69 Å². The summed E-state index contributed by atoms with van der Waals surface area (Å²) in [4.78, 5) is 16.1. The van der Waals surface area contributed by atoms with Crippen LogP contribution in [0.1, 0.15) is 17.4 Å². The maximum atomic E-state index is 11.9. The van der Waals surface area contributed by atoms with Gasteiger partial charge >= 0.3 is 0 Å². The smallest absolute Gasteiger partial charge is 0.270 e. The second-order valence-electron chi connectivity index (χ2n) is 4.17. The number of rotatable bonds is 3. The van der Waals surface area contributed by atoms with Crippen LogP contribution in [0.5, 0.6) is 0 Å². The number of para-hydroxylation sites is 1. The second kappa shape index (κ2) is 5.01. The highest BCUT2D eigenvalue weighted by Gasteiger charge is 2.12. The largest absolute Gasteiger partial charge is 0.398 e.